The number of hydrogen-bond donors (Lipinski definition) is 1. The first-order valence-electron chi connectivity index (χ1n) is 6.33. The molecule has 0 bridgehead atoms. The third-order valence-electron chi connectivity index (χ3n) is 2.76. The van der Waals surface area contributed by atoms with Crippen molar-refractivity contribution >= 4 is 37.9 Å². The zero-order valence-corrected chi connectivity index (χ0v) is 14.5. The second-order valence-corrected chi connectivity index (χ2v) is 7.13. The number of halogens is 1. The van der Waals surface area contributed by atoms with Gasteiger partial charge in [-0.15, -0.1) is 0 Å². The average Bonchev–Trinajstić information content (AvgIpc) is 2.45. The molecule has 0 aliphatic rings. The number of carbonyl (C=O) groups excluding carboxylic acids is 1. The van der Waals surface area contributed by atoms with E-state index >= 15 is 0 Å². The van der Waals surface area contributed by atoms with Gasteiger partial charge >= 0.3 is 11.9 Å². The number of esters is 1. The smallest absolute Gasteiger partial charge is 0.337 e. The Bertz CT molecular complexity index is 673. The minimum Gasteiger partial charge on any atom is -0.480 e. The molecule has 1 N–H and O–H groups in total. The molecule has 0 amide bonds. The van der Waals surface area contributed by atoms with Gasteiger partial charge in [0.25, 0.3) is 0 Å². The molecule has 0 fully saturated rings. The quantitative estimate of drug-likeness (QED) is 0.707. The predicted molar refractivity (Wildman–Crippen MR) is 82.2 cm³/mol. The van der Waals surface area contributed by atoms with Crippen LogP contribution in [0.15, 0.2) is 27.6 Å². The lowest BCUT2D eigenvalue weighted by Gasteiger charge is -2.20. The molecule has 7 nitrogen and oxygen atoms in total. The van der Waals surface area contributed by atoms with Gasteiger partial charge in [-0.05, 0) is 40.5 Å². The van der Waals surface area contributed by atoms with E-state index in [0.29, 0.717) is 6.42 Å². The molecular weight excluding hydrogens is 378 g/mol. The van der Waals surface area contributed by atoms with Gasteiger partial charge < -0.3 is 9.84 Å². The highest BCUT2D eigenvalue weighted by molar-refractivity contribution is 9.10. The van der Waals surface area contributed by atoms with Crippen LogP contribution in [0, 0.1) is 0 Å². The Kier molecular flexibility index (Phi) is 6.51. The van der Waals surface area contributed by atoms with Gasteiger partial charge in [-0.1, -0.05) is 6.92 Å². The molecule has 0 aromatic heterocycles. The third kappa shape index (κ3) is 4.28. The van der Waals surface area contributed by atoms with Crippen molar-refractivity contribution in [3.63, 3.8) is 0 Å². The molecule has 0 saturated carbocycles. The number of ether oxygens (including phenoxy) is 1. The molecule has 1 rings (SSSR count). The van der Waals surface area contributed by atoms with Crippen LogP contribution in [-0.4, -0.2) is 50.0 Å². The number of carboxylic acids is 1. The van der Waals surface area contributed by atoms with Crippen LogP contribution in [0.4, 0.5) is 0 Å². The highest BCUT2D eigenvalue weighted by atomic mass is 79.9. The molecule has 0 saturated heterocycles. The van der Waals surface area contributed by atoms with Crippen molar-refractivity contribution in [2.75, 3.05) is 20.2 Å². The van der Waals surface area contributed by atoms with E-state index in [1.807, 2.05) is 0 Å². The lowest BCUT2D eigenvalue weighted by Crippen LogP contribution is -2.36. The second kappa shape index (κ2) is 7.70. The molecule has 1 aromatic rings. The van der Waals surface area contributed by atoms with Gasteiger partial charge in [-0.2, -0.15) is 4.31 Å². The van der Waals surface area contributed by atoms with E-state index < -0.39 is 28.5 Å². The molecule has 0 aliphatic heterocycles. The number of hydrogen-bond acceptors (Lipinski definition) is 5. The summed E-state index contributed by atoms with van der Waals surface area (Å²) in [5.74, 6) is -1.83. The van der Waals surface area contributed by atoms with E-state index in [1.54, 1.807) is 6.92 Å². The summed E-state index contributed by atoms with van der Waals surface area (Å²) in [5, 5.41) is 8.86. The number of carboxylic acid groups (broad SMARTS) is 1. The molecule has 9 heteroatoms. The summed E-state index contributed by atoms with van der Waals surface area (Å²) in [6.07, 6.45) is 0.477. The van der Waals surface area contributed by atoms with E-state index in [4.69, 9.17) is 5.11 Å². The Morgan fingerprint density at radius 2 is 2.00 bits per heavy atom. The van der Waals surface area contributed by atoms with Crippen LogP contribution in [0.3, 0.4) is 0 Å². The molecule has 1 aromatic carbocycles. The summed E-state index contributed by atoms with van der Waals surface area (Å²) in [7, 11) is -2.77. The fraction of sp³-hybridized carbons (Fsp3) is 0.385. The van der Waals surface area contributed by atoms with Gasteiger partial charge in [0.2, 0.25) is 10.0 Å². The standard InChI is InChI=1S/C13H16BrNO6S/c1-3-6-15(8-12(16)17)22(19,20)11-5-4-9(7-10(11)14)13(18)21-2/h4-5,7H,3,6,8H2,1-2H3,(H,16,17). The number of rotatable bonds is 7. The lowest BCUT2D eigenvalue weighted by atomic mass is 10.2. The van der Waals surface area contributed by atoms with Crippen LogP contribution in [0.25, 0.3) is 0 Å². The minimum atomic E-state index is -3.98. The maximum Gasteiger partial charge on any atom is 0.337 e. The van der Waals surface area contributed by atoms with Gasteiger partial charge in [-0.25, -0.2) is 13.2 Å². The topological polar surface area (TPSA) is 101 Å². The number of sulfonamides is 1. The van der Waals surface area contributed by atoms with Crippen LogP contribution in [0.2, 0.25) is 0 Å². The fourth-order valence-electron chi connectivity index (χ4n) is 1.78. The zero-order chi connectivity index (χ0) is 16.9. The molecule has 0 radical (unpaired) electrons. The van der Waals surface area contributed by atoms with Gasteiger partial charge in [0.1, 0.15) is 6.54 Å². The van der Waals surface area contributed by atoms with Crippen molar-refractivity contribution in [2.45, 2.75) is 18.2 Å². The molecule has 0 aliphatic carbocycles. The molecule has 0 unspecified atom stereocenters. The molecule has 0 heterocycles. The average molecular weight is 394 g/mol. The molecule has 0 spiro atoms. The van der Waals surface area contributed by atoms with E-state index in [2.05, 4.69) is 20.7 Å². The monoisotopic (exact) mass is 393 g/mol. The maximum absolute atomic E-state index is 12.5. The number of aliphatic carboxylic acids is 1. The molecule has 0 atom stereocenters. The van der Waals surface area contributed by atoms with E-state index in [9.17, 15) is 18.0 Å². The largest absolute Gasteiger partial charge is 0.480 e. The predicted octanol–water partition coefficient (Wildman–Crippen LogP) is 1.72. The summed E-state index contributed by atoms with van der Waals surface area (Å²) in [6, 6.07) is 3.88. The number of benzene rings is 1. The van der Waals surface area contributed by atoms with Crippen molar-refractivity contribution in [1.82, 2.24) is 4.31 Å². The Morgan fingerprint density at radius 1 is 1.36 bits per heavy atom. The Morgan fingerprint density at radius 3 is 2.45 bits per heavy atom. The number of carbonyl (C=O) groups is 2. The first-order valence-corrected chi connectivity index (χ1v) is 8.57. The molecule has 122 valence electrons. The van der Waals surface area contributed by atoms with E-state index in [-0.39, 0.29) is 21.5 Å². The normalized spacial score (nSPS) is 11.5. The maximum atomic E-state index is 12.5. The van der Waals surface area contributed by atoms with Crippen molar-refractivity contribution in [3.8, 4) is 0 Å². The Labute approximate surface area is 137 Å². The number of methoxy groups -OCH3 is 1. The van der Waals surface area contributed by atoms with Crippen LogP contribution >= 0.6 is 15.9 Å². The van der Waals surface area contributed by atoms with Crippen LogP contribution in [-0.2, 0) is 19.6 Å². The SMILES string of the molecule is CCCN(CC(=O)O)S(=O)(=O)c1ccc(C(=O)OC)cc1Br. The molecular formula is C13H16BrNO6S. The first kappa shape index (κ1) is 18.6. The summed E-state index contributed by atoms with van der Waals surface area (Å²) in [5.41, 5.74) is 0.189. The summed E-state index contributed by atoms with van der Waals surface area (Å²) in [6.45, 7) is 1.21. The van der Waals surface area contributed by atoms with Crippen molar-refractivity contribution in [3.05, 3.63) is 28.2 Å². The highest BCUT2D eigenvalue weighted by Crippen LogP contribution is 2.26. The minimum absolute atomic E-state index is 0.0832. The van der Waals surface area contributed by atoms with E-state index in [0.717, 1.165) is 4.31 Å². The first-order chi connectivity index (χ1) is 10.2. The van der Waals surface area contributed by atoms with Crippen LogP contribution < -0.4 is 0 Å². The second-order valence-electron chi connectivity index (χ2n) is 4.37. The van der Waals surface area contributed by atoms with E-state index in [1.165, 1.54) is 25.3 Å². The highest BCUT2D eigenvalue weighted by Gasteiger charge is 2.28. The Balaban J connectivity index is 3.26. The van der Waals surface area contributed by atoms with Crippen LogP contribution in [0.5, 0.6) is 0 Å². The summed E-state index contributed by atoms with van der Waals surface area (Å²) in [4.78, 5) is 22.2. The van der Waals surface area contributed by atoms with Gasteiger partial charge in [0, 0.05) is 11.0 Å². The molecule has 22 heavy (non-hydrogen) atoms. The van der Waals surface area contributed by atoms with Crippen LogP contribution in [0.1, 0.15) is 23.7 Å². The van der Waals surface area contributed by atoms with Crippen molar-refractivity contribution in [2.24, 2.45) is 0 Å². The third-order valence-corrected chi connectivity index (χ3v) is 5.58. The fourth-order valence-corrected chi connectivity index (χ4v) is 4.30. The van der Waals surface area contributed by atoms with Crippen molar-refractivity contribution < 1.29 is 27.9 Å². The summed E-state index contributed by atoms with van der Waals surface area (Å²) >= 11 is 3.11. The number of nitrogens with zero attached hydrogens (tertiary/aromatic N) is 1. The van der Waals surface area contributed by atoms with Crippen molar-refractivity contribution in [1.29, 1.82) is 0 Å². The van der Waals surface area contributed by atoms with Gasteiger partial charge in [0.15, 0.2) is 0 Å². The van der Waals surface area contributed by atoms with Gasteiger partial charge in [0.05, 0.1) is 17.6 Å². The zero-order valence-electron chi connectivity index (χ0n) is 12.1. The lowest BCUT2D eigenvalue weighted by molar-refractivity contribution is -0.137. The summed E-state index contributed by atoms with van der Waals surface area (Å²) < 4.78 is 30.7. The van der Waals surface area contributed by atoms with Gasteiger partial charge in [-0.3, -0.25) is 4.79 Å². The Hall–Kier alpha value is -1.45.